The lowest BCUT2D eigenvalue weighted by Crippen LogP contribution is -2.31. The summed E-state index contributed by atoms with van der Waals surface area (Å²) in [4.78, 5) is 0. The average molecular weight is 227 g/mol. The molecule has 0 aliphatic rings. The average Bonchev–Trinajstić information content (AvgIpc) is 2.46. The Morgan fingerprint density at radius 3 is 2.20 bits per heavy atom. The monoisotopic (exact) mass is 227 g/mol. The molecule has 1 aromatic rings. The summed E-state index contributed by atoms with van der Waals surface area (Å²) >= 11 is 5.28. The number of aromatic amines is 1. The summed E-state index contributed by atoms with van der Waals surface area (Å²) in [7, 11) is 0. The van der Waals surface area contributed by atoms with Crippen LogP contribution in [0.25, 0.3) is 0 Å². The van der Waals surface area contributed by atoms with Crippen LogP contribution in [-0.2, 0) is 11.0 Å². The summed E-state index contributed by atoms with van der Waals surface area (Å²) in [6.07, 6.45) is 1.04. The zero-order chi connectivity index (χ0) is 11.9. The van der Waals surface area contributed by atoms with Gasteiger partial charge in [-0.25, -0.2) is 0 Å². The number of hydrogen-bond acceptors (Lipinski definition) is 2. The molecule has 1 heterocycles. The predicted octanol–water partition coefficient (Wildman–Crippen LogP) is 3.38. The molecular formula is C11H21N3S. The van der Waals surface area contributed by atoms with Crippen LogP contribution in [0.4, 0.5) is 0 Å². The molecule has 0 atom stereocenters. The number of H-pyrrole nitrogens is 1. The Morgan fingerprint density at radius 1 is 1.27 bits per heavy atom. The van der Waals surface area contributed by atoms with Crippen molar-refractivity contribution in [2.24, 2.45) is 0 Å². The van der Waals surface area contributed by atoms with Crippen LogP contribution in [-0.4, -0.2) is 14.8 Å². The fourth-order valence-corrected chi connectivity index (χ4v) is 1.94. The molecule has 0 radical (unpaired) electrons. The highest BCUT2D eigenvalue weighted by molar-refractivity contribution is 7.71. The molecule has 1 rings (SSSR count). The third-order valence-corrected chi connectivity index (χ3v) is 3.11. The van der Waals surface area contributed by atoms with Gasteiger partial charge in [0.15, 0.2) is 4.77 Å². The van der Waals surface area contributed by atoms with Crippen LogP contribution in [0.1, 0.15) is 53.8 Å². The van der Waals surface area contributed by atoms with Gasteiger partial charge in [0, 0.05) is 11.0 Å². The molecule has 4 heteroatoms. The molecule has 86 valence electrons. The van der Waals surface area contributed by atoms with E-state index < -0.39 is 0 Å². The van der Waals surface area contributed by atoms with Gasteiger partial charge < -0.3 is 0 Å². The van der Waals surface area contributed by atoms with Gasteiger partial charge in [0.2, 0.25) is 0 Å². The number of aromatic nitrogens is 3. The summed E-state index contributed by atoms with van der Waals surface area (Å²) in [6, 6.07) is 0. The zero-order valence-corrected chi connectivity index (χ0v) is 11.3. The number of nitrogens with zero attached hydrogens (tertiary/aromatic N) is 2. The van der Waals surface area contributed by atoms with E-state index in [-0.39, 0.29) is 11.0 Å². The molecule has 3 nitrogen and oxygen atoms in total. The Morgan fingerprint density at radius 2 is 1.80 bits per heavy atom. The van der Waals surface area contributed by atoms with E-state index in [1.54, 1.807) is 0 Å². The van der Waals surface area contributed by atoms with E-state index in [9.17, 15) is 0 Å². The molecule has 1 aromatic heterocycles. The Labute approximate surface area is 96.9 Å². The second-order valence-electron chi connectivity index (χ2n) is 5.60. The molecule has 0 fully saturated rings. The van der Waals surface area contributed by atoms with E-state index in [0.717, 1.165) is 12.2 Å². The van der Waals surface area contributed by atoms with E-state index in [0.29, 0.717) is 4.77 Å². The third kappa shape index (κ3) is 2.30. The van der Waals surface area contributed by atoms with Gasteiger partial charge in [0.05, 0.1) is 0 Å². The maximum Gasteiger partial charge on any atom is 0.195 e. The van der Waals surface area contributed by atoms with E-state index in [1.165, 1.54) is 0 Å². The fraction of sp³-hybridized carbons (Fsp3) is 0.818. The first-order chi connectivity index (χ1) is 6.70. The standard InChI is InChI=1S/C11H21N3S/c1-7-11(5,6)8-12-13-9(15)14(8)10(2,3)4/h7H2,1-6H3,(H,13,15). The van der Waals surface area contributed by atoms with Crippen molar-refractivity contribution in [3.63, 3.8) is 0 Å². The number of nitrogens with one attached hydrogen (secondary N) is 1. The molecule has 1 N–H and O–H groups in total. The van der Waals surface area contributed by atoms with Crippen LogP contribution in [0.15, 0.2) is 0 Å². The maximum absolute atomic E-state index is 5.28. The van der Waals surface area contributed by atoms with Crippen molar-refractivity contribution in [1.29, 1.82) is 0 Å². The second kappa shape index (κ2) is 3.74. The predicted molar refractivity (Wildman–Crippen MR) is 65.7 cm³/mol. The molecule has 0 aliphatic carbocycles. The highest BCUT2D eigenvalue weighted by Gasteiger charge is 2.29. The lowest BCUT2D eigenvalue weighted by Gasteiger charge is -2.29. The maximum atomic E-state index is 5.28. The Hall–Kier alpha value is -0.640. The van der Waals surface area contributed by atoms with Crippen molar-refractivity contribution in [3.05, 3.63) is 10.6 Å². The summed E-state index contributed by atoms with van der Waals surface area (Å²) in [5.41, 5.74) is 0.0344. The molecule has 0 saturated heterocycles. The van der Waals surface area contributed by atoms with Gasteiger partial charge in [-0.3, -0.25) is 9.67 Å². The minimum absolute atomic E-state index is 0.0220. The number of hydrogen-bond donors (Lipinski definition) is 1. The van der Waals surface area contributed by atoms with E-state index in [4.69, 9.17) is 12.2 Å². The molecule has 0 bridgehead atoms. The highest BCUT2D eigenvalue weighted by atomic mass is 32.1. The second-order valence-corrected chi connectivity index (χ2v) is 5.98. The lowest BCUT2D eigenvalue weighted by molar-refractivity contribution is 0.338. The highest BCUT2D eigenvalue weighted by Crippen LogP contribution is 2.28. The Balaban J connectivity index is 3.40. The Bertz CT molecular complexity index is 393. The molecule has 0 unspecified atom stereocenters. The first kappa shape index (κ1) is 12.4. The molecule has 0 spiro atoms. The van der Waals surface area contributed by atoms with Gasteiger partial charge in [0.1, 0.15) is 5.82 Å². The normalized spacial score (nSPS) is 13.2. The third-order valence-electron chi connectivity index (χ3n) is 2.83. The smallest absolute Gasteiger partial charge is 0.195 e. The van der Waals surface area contributed by atoms with Crippen molar-refractivity contribution in [2.75, 3.05) is 0 Å². The van der Waals surface area contributed by atoms with Gasteiger partial charge in [-0.2, -0.15) is 5.10 Å². The van der Waals surface area contributed by atoms with Gasteiger partial charge >= 0.3 is 0 Å². The first-order valence-electron chi connectivity index (χ1n) is 5.38. The van der Waals surface area contributed by atoms with Crippen LogP contribution in [0.3, 0.4) is 0 Å². The molecular weight excluding hydrogens is 206 g/mol. The minimum atomic E-state index is -0.0220. The summed E-state index contributed by atoms with van der Waals surface area (Å²) in [6.45, 7) is 13.0. The molecule has 0 saturated carbocycles. The van der Waals surface area contributed by atoms with E-state index in [1.807, 2.05) is 0 Å². The van der Waals surface area contributed by atoms with Crippen LogP contribution in [0.2, 0.25) is 0 Å². The minimum Gasteiger partial charge on any atom is -0.298 e. The van der Waals surface area contributed by atoms with Gasteiger partial charge in [-0.15, -0.1) is 0 Å². The SMILES string of the molecule is CCC(C)(C)c1n[nH]c(=S)n1C(C)(C)C. The topological polar surface area (TPSA) is 33.6 Å². The van der Waals surface area contributed by atoms with Crippen LogP contribution in [0, 0.1) is 4.77 Å². The van der Waals surface area contributed by atoms with Crippen molar-refractivity contribution in [1.82, 2.24) is 14.8 Å². The summed E-state index contributed by atoms with van der Waals surface area (Å²) < 4.78 is 2.82. The van der Waals surface area contributed by atoms with Crippen molar-refractivity contribution in [2.45, 2.75) is 58.9 Å². The lowest BCUT2D eigenvalue weighted by atomic mass is 9.88. The van der Waals surface area contributed by atoms with Gasteiger partial charge in [-0.1, -0.05) is 20.8 Å². The zero-order valence-electron chi connectivity index (χ0n) is 10.5. The van der Waals surface area contributed by atoms with Gasteiger partial charge in [0.25, 0.3) is 0 Å². The van der Waals surface area contributed by atoms with Crippen molar-refractivity contribution in [3.8, 4) is 0 Å². The molecule has 0 amide bonds. The first-order valence-corrected chi connectivity index (χ1v) is 5.79. The van der Waals surface area contributed by atoms with Crippen molar-refractivity contribution >= 4 is 12.2 Å². The van der Waals surface area contributed by atoms with E-state index in [2.05, 4.69) is 56.3 Å². The quantitative estimate of drug-likeness (QED) is 0.786. The van der Waals surface area contributed by atoms with Gasteiger partial charge in [-0.05, 0) is 39.4 Å². The van der Waals surface area contributed by atoms with Crippen LogP contribution >= 0.6 is 12.2 Å². The van der Waals surface area contributed by atoms with Crippen LogP contribution < -0.4 is 0 Å². The van der Waals surface area contributed by atoms with E-state index >= 15 is 0 Å². The summed E-state index contributed by atoms with van der Waals surface area (Å²) in [5, 5.41) is 7.27. The fourth-order valence-electron chi connectivity index (χ4n) is 1.53. The largest absolute Gasteiger partial charge is 0.298 e. The molecule has 15 heavy (non-hydrogen) atoms. The number of rotatable bonds is 2. The summed E-state index contributed by atoms with van der Waals surface area (Å²) in [5.74, 6) is 1.04. The molecule has 0 aliphatic heterocycles. The Kier molecular flexibility index (Phi) is 3.10. The van der Waals surface area contributed by atoms with Crippen molar-refractivity contribution < 1.29 is 0 Å². The molecule has 0 aromatic carbocycles. The van der Waals surface area contributed by atoms with Crippen LogP contribution in [0.5, 0.6) is 0 Å².